The van der Waals surface area contributed by atoms with Crippen LogP contribution in [0.3, 0.4) is 0 Å². The maximum absolute atomic E-state index is 13.1. The van der Waals surface area contributed by atoms with Gasteiger partial charge in [0.15, 0.2) is 5.11 Å². The minimum atomic E-state index is 0.134. The van der Waals surface area contributed by atoms with Gasteiger partial charge in [0.2, 0.25) is 5.91 Å². The molecule has 0 bridgehead atoms. The zero-order valence-electron chi connectivity index (χ0n) is 20.8. The van der Waals surface area contributed by atoms with Crippen LogP contribution < -0.4 is 5.32 Å². The number of aryl methyl sites for hydroxylation is 1. The topological polar surface area (TPSA) is 38.8 Å². The van der Waals surface area contributed by atoms with Crippen LogP contribution in [0.2, 0.25) is 10.0 Å². The zero-order chi connectivity index (χ0) is 25.3. The van der Waals surface area contributed by atoms with E-state index < -0.39 is 0 Å². The summed E-state index contributed by atoms with van der Waals surface area (Å²) in [5.74, 6) is 0.221. The molecular weight excluding hydrogens is 511 g/mol. The number of carbonyl (C=O) groups is 1. The van der Waals surface area contributed by atoms with Gasteiger partial charge in [-0.3, -0.25) is 4.79 Å². The van der Waals surface area contributed by atoms with Gasteiger partial charge in [-0.1, -0.05) is 60.0 Å². The predicted octanol–water partition coefficient (Wildman–Crippen LogP) is 6.10. The van der Waals surface area contributed by atoms with E-state index >= 15 is 0 Å². The third-order valence-corrected chi connectivity index (χ3v) is 8.26. The molecule has 0 aliphatic carbocycles. The highest BCUT2D eigenvalue weighted by Gasteiger charge is 2.30. The first-order chi connectivity index (χ1) is 17.5. The summed E-state index contributed by atoms with van der Waals surface area (Å²) in [6.07, 6.45) is 7.27. The van der Waals surface area contributed by atoms with E-state index in [9.17, 15) is 4.79 Å². The summed E-state index contributed by atoms with van der Waals surface area (Å²) in [6, 6.07) is 16.1. The van der Waals surface area contributed by atoms with E-state index in [0.717, 1.165) is 38.0 Å². The monoisotopic (exact) mass is 546 g/mol. The fraction of sp³-hybridized carbons (Fsp3) is 0.500. The summed E-state index contributed by atoms with van der Waals surface area (Å²) in [6.45, 7) is 5.55. The van der Waals surface area contributed by atoms with E-state index in [1.807, 2.05) is 12.1 Å². The second-order valence-corrected chi connectivity index (χ2v) is 11.0. The fourth-order valence-corrected chi connectivity index (χ4v) is 5.81. The molecule has 2 saturated heterocycles. The van der Waals surface area contributed by atoms with E-state index in [1.54, 1.807) is 12.1 Å². The van der Waals surface area contributed by atoms with Crippen molar-refractivity contribution >= 4 is 52.1 Å². The molecule has 4 rings (SSSR count). The highest BCUT2D eigenvalue weighted by molar-refractivity contribution is 7.80. The predicted molar refractivity (Wildman–Crippen MR) is 154 cm³/mol. The fourth-order valence-electron chi connectivity index (χ4n) is 5.16. The van der Waals surface area contributed by atoms with Crippen LogP contribution in [0.4, 0.5) is 5.69 Å². The molecule has 0 radical (unpaired) electrons. The summed E-state index contributed by atoms with van der Waals surface area (Å²) in [5, 5.41) is 4.94. The molecule has 1 atom stereocenters. The van der Waals surface area contributed by atoms with Gasteiger partial charge in [0.1, 0.15) is 0 Å². The Kier molecular flexibility index (Phi) is 10.3. The van der Waals surface area contributed by atoms with Crippen LogP contribution in [-0.4, -0.2) is 71.0 Å². The standard InChI is InChI=1S/C28H36Cl2N4OS/c29-25-13-11-23(20-26(25)30)31-28(36)34-19-14-27(35)33(18-7-17-32-15-5-2-6-16-32)21-24(34)12-10-22-8-3-1-4-9-22/h1,3-4,8-9,11,13,20,24H,2,5-7,10,12,14-19,21H2,(H,31,36). The maximum atomic E-state index is 13.1. The lowest BCUT2D eigenvalue weighted by atomic mass is 10.0. The lowest BCUT2D eigenvalue weighted by Crippen LogP contribution is -2.47. The van der Waals surface area contributed by atoms with Crippen LogP contribution in [0.5, 0.6) is 0 Å². The lowest BCUT2D eigenvalue weighted by molar-refractivity contribution is -0.130. The maximum Gasteiger partial charge on any atom is 0.224 e. The van der Waals surface area contributed by atoms with Crippen molar-refractivity contribution in [3.05, 3.63) is 64.1 Å². The molecule has 2 aliphatic heterocycles. The summed E-state index contributed by atoms with van der Waals surface area (Å²) in [5.41, 5.74) is 2.10. The normalized spacial score (nSPS) is 19.3. The van der Waals surface area contributed by atoms with Crippen LogP contribution in [-0.2, 0) is 11.2 Å². The summed E-state index contributed by atoms with van der Waals surface area (Å²) >= 11 is 18.2. The molecule has 0 saturated carbocycles. The van der Waals surface area contributed by atoms with Gasteiger partial charge in [-0.15, -0.1) is 0 Å². The quantitative estimate of drug-likeness (QED) is 0.405. The number of piperidine rings is 1. The number of halogens is 2. The molecule has 0 spiro atoms. The molecule has 8 heteroatoms. The number of likely N-dealkylation sites (tertiary alicyclic amines) is 1. The average Bonchev–Trinajstić information content (AvgIpc) is 3.05. The van der Waals surface area contributed by atoms with Crippen LogP contribution in [0.1, 0.15) is 44.1 Å². The van der Waals surface area contributed by atoms with E-state index in [-0.39, 0.29) is 11.9 Å². The molecule has 1 unspecified atom stereocenters. The van der Waals surface area contributed by atoms with Crippen molar-refractivity contribution in [1.29, 1.82) is 0 Å². The van der Waals surface area contributed by atoms with Gasteiger partial charge in [-0.2, -0.15) is 0 Å². The van der Waals surface area contributed by atoms with Crippen molar-refractivity contribution in [2.45, 2.75) is 51.0 Å². The molecular formula is C28H36Cl2N4OS. The van der Waals surface area contributed by atoms with Gasteiger partial charge in [0.05, 0.1) is 10.0 Å². The van der Waals surface area contributed by atoms with Gasteiger partial charge in [-0.05, 0) is 87.7 Å². The number of nitrogens with one attached hydrogen (secondary N) is 1. The van der Waals surface area contributed by atoms with Crippen molar-refractivity contribution in [1.82, 2.24) is 14.7 Å². The van der Waals surface area contributed by atoms with Crippen LogP contribution in [0.15, 0.2) is 48.5 Å². The van der Waals surface area contributed by atoms with Crippen molar-refractivity contribution < 1.29 is 4.79 Å². The highest BCUT2D eigenvalue weighted by atomic mass is 35.5. The summed E-state index contributed by atoms with van der Waals surface area (Å²) in [7, 11) is 0. The lowest BCUT2D eigenvalue weighted by Gasteiger charge is -2.34. The first-order valence-electron chi connectivity index (χ1n) is 13.1. The Hall–Kier alpha value is -1.86. The van der Waals surface area contributed by atoms with E-state index in [1.165, 1.54) is 37.9 Å². The minimum absolute atomic E-state index is 0.134. The molecule has 2 aromatic rings. The van der Waals surface area contributed by atoms with Gasteiger partial charge in [0, 0.05) is 37.8 Å². The number of amides is 1. The number of carbonyl (C=O) groups excluding carboxylic acids is 1. The Morgan fingerprint density at radius 1 is 0.972 bits per heavy atom. The van der Waals surface area contributed by atoms with E-state index in [0.29, 0.717) is 34.7 Å². The third kappa shape index (κ3) is 7.82. The van der Waals surface area contributed by atoms with Gasteiger partial charge in [0.25, 0.3) is 0 Å². The molecule has 36 heavy (non-hydrogen) atoms. The van der Waals surface area contributed by atoms with Gasteiger partial charge in [-0.25, -0.2) is 0 Å². The van der Waals surface area contributed by atoms with Crippen LogP contribution in [0, 0.1) is 0 Å². The number of rotatable bonds is 8. The summed E-state index contributed by atoms with van der Waals surface area (Å²) in [4.78, 5) is 19.9. The number of anilines is 1. The van der Waals surface area contributed by atoms with Gasteiger partial charge >= 0.3 is 0 Å². The molecule has 2 aliphatic rings. The zero-order valence-corrected chi connectivity index (χ0v) is 23.1. The van der Waals surface area contributed by atoms with Crippen molar-refractivity contribution in [3.63, 3.8) is 0 Å². The molecule has 194 valence electrons. The van der Waals surface area contributed by atoms with Crippen molar-refractivity contribution in [2.24, 2.45) is 0 Å². The molecule has 1 amide bonds. The second-order valence-electron chi connectivity index (χ2n) is 9.78. The Morgan fingerprint density at radius 2 is 1.75 bits per heavy atom. The van der Waals surface area contributed by atoms with Gasteiger partial charge < -0.3 is 20.0 Å². The highest BCUT2D eigenvalue weighted by Crippen LogP contribution is 2.26. The number of thiocarbonyl (C=S) groups is 1. The van der Waals surface area contributed by atoms with E-state index in [2.05, 4.69) is 44.3 Å². The Bertz CT molecular complexity index is 1020. The minimum Gasteiger partial charge on any atom is -0.344 e. The first-order valence-corrected chi connectivity index (χ1v) is 14.2. The number of nitrogens with zero attached hydrogens (tertiary/aromatic N) is 3. The number of hydrogen-bond acceptors (Lipinski definition) is 3. The second kappa shape index (κ2) is 13.6. The van der Waals surface area contributed by atoms with Crippen molar-refractivity contribution in [2.75, 3.05) is 44.6 Å². The Balaban J connectivity index is 1.43. The van der Waals surface area contributed by atoms with Crippen LogP contribution >= 0.6 is 35.4 Å². The molecule has 2 heterocycles. The van der Waals surface area contributed by atoms with Crippen molar-refractivity contribution in [3.8, 4) is 0 Å². The number of hydrogen-bond donors (Lipinski definition) is 1. The molecule has 2 fully saturated rings. The number of benzene rings is 2. The smallest absolute Gasteiger partial charge is 0.224 e. The Morgan fingerprint density at radius 3 is 2.50 bits per heavy atom. The average molecular weight is 548 g/mol. The largest absolute Gasteiger partial charge is 0.344 e. The SMILES string of the molecule is O=C1CCN(C(=S)Nc2ccc(Cl)c(Cl)c2)C(CCc2ccccc2)CN1CCCN1CCCCC1. The molecule has 1 N–H and O–H groups in total. The molecule has 2 aromatic carbocycles. The van der Waals surface area contributed by atoms with Crippen LogP contribution in [0.25, 0.3) is 0 Å². The molecule has 0 aromatic heterocycles. The molecule has 5 nitrogen and oxygen atoms in total. The first kappa shape index (κ1) is 27.2. The third-order valence-electron chi connectivity index (χ3n) is 7.18. The van der Waals surface area contributed by atoms with E-state index in [4.69, 9.17) is 35.4 Å². The summed E-state index contributed by atoms with van der Waals surface area (Å²) < 4.78 is 0. The Labute approximate surface area is 230 Å².